The fourth-order valence-corrected chi connectivity index (χ4v) is 3.86. The summed E-state index contributed by atoms with van der Waals surface area (Å²) in [6.45, 7) is 4.36. The van der Waals surface area contributed by atoms with Crippen molar-refractivity contribution in [2.45, 2.75) is 19.4 Å². The van der Waals surface area contributed by atoms with Crippen molar-refractivity contribution in [2.75, 3.05) is 26.7 Å². The maximum Gasteiger partial charge on any atom is 0.337 e. The van der Waals surface area contributed by atoms with Crippen LogP contribution in [0.25, 0.3) is 11.1 Å². The van der Waals surface area contributed by atoms with Gasteiger partial charge in [0.25, 0.3) is 0 Å². The van der Waals surface area contributed by atoms with Crippen LogP contribution in [0.5, 0.6) is 0 Å². The molecule has 10 heteroatoms. The number of ether oxygens (including phenoxy) is 1. The number of benzene rings is 2. The molecule has 1 saturated heterocycles. The molecule has 0 saturated carbocycles. The van der Waals surface area contributed by atoms with E-state index >= 15 is 0 Å². The van der Waals surface area contributed by atoms with Gasteiger partial charge in [0.15, 0.2) is 0 Å². The van der Waals surface area contributed by atoms with Crippen LogP contribution in [0.15, 0.2) is 42.5 Å². The quantitative estimate of drug-likeness (QED) is 0.0844. The average molecular weight is 506 g/mol. The van der Waals surface area contributed by atoms with Gasteiger partial charge in [-0.3, -0.25) is 5.73 Å². The van der Waals surface area contributed by atoms with Crippen molar-refractivity contribution in [1.29, 1.82) is 0 Å². The summed E-state index contributed by atoms with van der Waals surface area (Å²) in [4.78, 5) is 12.2. The number of methoxy groups -OCH3 is 1. The van der Waals surface area contributed by atoms with Gasteiger partial charge in [-0.15, -0.1) is 0 Å². The van der Waals surface area contributed by atoms with Crippen LogP contribution in [0.1, 0.15) is 34.3 Å². The fourth-order valence-electron chi connectivity index (χ4n) is 3.86. The summed E-state index contributed by atoms with van der Waals surface area (Å²) in [7, 11) is 1.39. The zero-order valence-electron chi connectivity index (χ0n) is 18.0. The van der Waals surface area contributed by atoms with Crippen molar-refractivity contribution in [3.05, 3.63) is 59.2 Å². The molecule has 8 N–H and O–H groups in total. The van der Waals surface area contributed by atoms with Gasteiger partial charge >= 0.3 is 11.8 Å². The van der Waals surface area contributed by atoms with Gasteiger partial charge in [0.1, 0.15) is 6.54 Å². The summed E-state index contributed by atoms with van der Waals surface area (Å²) in [5.74, 6) is 0.592. The molecular weight excluding hydrogens is 475 g/mol. The molecule has 1 aliphatic rings. The smallest absolute Gasteiger partial charge is 0.337 e. The number of piperidine rings is 1. The Kier molecular flexibility index (Phi) is 14.0. The van der Waals surface area contributed by atoms with Gasteiger partial charge in [-0.05, 0) is 41.5 Å². The number of carbonyl (C=O) groups excluding carboxylic acids is 1. The highest BCUT2D eigenvalue weighted by Gasteiger charge is 2.17. The zero-order chi connectivity index (χ0) is 20.6. The molecule has 1 heterocycles. The minimum atomic E-state index is -0.352. The number of nitrogens with one attached hydrogen (secondary N) is 1. The van der Waals surface area contributed by atoms with Crippen LogP contribution in [0.3, 0.4) is 0 Å². The Morgan fingerprint density at radius 3 is 2.47 bits per heavy atom. The highest BCUT2D eigenvalue weighted by molar-refractivity contribution is 5.95. The third-order valence-corrected chi connectivity index (χ3v) is 5.48. The first kappa shape index (κ1) is 30.0. The molecule has 0 radical (unpaired) electrons. The van der Waals surface area contributed by atoms with E-state index in [1.807, 2.05) is 41.6 Å². The van der Waals surface area contributed by atoms with Gasteiger partial charge in [-0.2, -0.15) is 0 Å². The molecule has 32 heavy (non-hydrogen) atoms. The number of amidine groups is 1. The molecule has 0 bridgehead atoms. The molecule has 0 atom stereocenters. The van der Waals surface area contributed by atoms with Gasteiger partial charge in [0.05, 0.1) is 37.9 Å². The Morgan fingerprint density at radius 1 is 1.12 bits per heavy atom. The van der Waals surface area contributed by atoms with Gasteiger partial charge in [-0.25, -0.2) is 4.79 Å². The number of halogens is 3. The lowest BCUT2D eigenvalue weighted by Gasteiger charge is -2.18. The van der Waals surface area contributed by atoms with E-state index in [1.165, 1.54) is 33.0 Å². The Labute approximate surface area is 207 Å². The molecular formula is C22H31Cl3N4O3. The summed E-state index contributed by atoms with van der Waals surface area (Å²) in [6.07, 6.45) is 2.54. The second-order valence-electron chi connectivity index (χ2n) is 7.55. The van der Waals surface area contributed by atoms with E-state index < -0.39 is 0 Å². The van der Waals surface area contributed by atoms with Gasteiger partial charge in [0.2, 0.25) is 0 Å². The van der Waals surface area contributed by atoms with Crippen molar-refractivity contribution in [3.8, 4) is 11.1 Å². The molecule has 0 aromatic heterocycles. The summed E-state index contributed by atoms with van der Waals surface area (Å²) in [5.41, 5.74) is 9.89. The zero-order valence-corrected chi connectivity index (χ0v) is 20.3. The van der Waals surface area contributed by atoms with E-state index in [4.69, 9.17) is 15.7 Å². The summed E-state index contributed by atoms with van der Waals surface area (Å²) in [6, 6.07) is 13.3. The van der Waals surface area contributed by atoms with Gasteiger partial charge < -0.3 is 57.8 Å². The molecule has 0 amide bonds. The maximum atomic E-state index is 12.2. The average Bonchev–Trinajstić information content (AvgIpc) is 2.78. The Morgan fingerprint density at radius 2 is 1.81 bits per heavy atom. The van der Waals surface area contributed by atoms with Crippen molar-refractivity contribution < 1.29 is 67.7 Å². The number of nitrogens with two attached hydrogens (primary N) is 3. The van der Waals surface area contributed by atoms with E-state index in [-0.39, 0.29) is 49.0 Å². The summed E-state index contributed by atoms with van der Waals surface area (Å²) < 4.78 is 4.94. The maximum absolute atomic E-state index is 12.2. The topological polar surface area (TPSA) is 120 Å². The second kappa shape index (κ2) is 14.9. The van der Waals surface area contributed by atoms with Crippen LogP contribution >= 0.6 is 0 Å². The van der Waals surface area contributed by atoms with Crippen LogP contribution < -0.4 is 58.7 Å². The number of rotatable bonds is 7. The van der Waals surface area contributed by atoms with Crippen LogP contribution in [0, 0.1) is 5.92 Å². The third kappa shape index (κ3) is 8.15. The first-order valence-electron chi connectivity index (χ1n) is 10.1. The van der Waals surface area contributed by atoms with Crippen LogP contribution in [-0.4, -0.2) is 43.8 Å². The first-order chi connectivity index (χ1) is 14.1. The van der Waals surface area contributed by atoms with Crippen molar-refractivity contribution in [1.82, 2.24) is 0 Å². The molecule has 2 aromatic carbocycles. The van der Waals surface area contributed by atoms with E-state index in [9.17, 15) is 4.79 Å². The number of esters is 1. The van der Waals surface area contributed by atoms with Crippen molar-refractivity contribution in [2.24, 2.45) is 11.7 Å². The minimum Gasteiger partial charge on any atom is -1.00 e. The molecule has 0 spiro atoms. The molecule has 0 unspecified atom stereocenters. The molecule has 0 aliphatic carbocycles. The lowest BCUT2D eigenvalue weighted by atomic mass is 9.97. The lowest BCUT2D eigenvalue weighted by molar-refractivity contribution is -0.737. The predicted octanol–water partition coefficient (Wildman–Crippen LogP) is -10.6. The molecule has 2 aromatic rings. The highest BCUT2D eigenvalue weighted by Crippen LogP contribution is 2.24. The summed E-state index contributed by atoms with van der Waals surface area (Å²) >= 11 is 0. The normalized spacial score (nSPS) is 13.8. The van der Waals surface area contributed by atoms with Crippen LogP contribution in [-0.2, 0) is 11.3 Å². The van der Waals surface area contributed by atoms with Crippen molar-refractivity contribution in [3.63, 3.8) is 0 Å². The largest absolute Gasteiger partial charge is 1.00 e. The highest BCUT2D eigenvalue weighted by atomic mass is 35.5. The summed E-state index contributed by atoms with van der Waals surface area (Å²) in [5, 5.41) is 15.8. The number of hydrogen-bond acceptors (Lipinski definition) is 3. The van der Waals surface area contributed by atoms with Gasteiger partial charge in [0, 0.05) is 24.3 Å². The standard InChI is InChI=1S/C22H28N4O3.3ClH/c1-29-22(27)20-10-16(14-25-13-15-5-7-24-8-6-15)9-19(12-20)17-3-2-4-18(11-17)21(23)26-28;;;/h2-4,9-12,15,24-25,28H,5-8,13-14H2,1H3,(H2,23,26);3*1H. The minimum absolute atomic E-state index is 0. The molecule has 178 valence electrons. The first-order valence-corrected chi connectivity index (χ1v) is 10.1. The van der Waals surface area contributed by atoms with E-state index in [0.29, 0.717) is 11.1 Å². The number of carbonyl (C=O) groups is 1. The monoisotopic (exact) mass is 504 g/mol. The van der Waals surface area contributed by atoms with Crippen LogP contribution in [0.4, 0.5) is 0 Å². The molecule has 3 rings (SSSR count). The lowest BCUT2D eigenvalue weighted by Crippen LogP contribution is -3.00. The van der Waals surface area contributed by atoms with Crippen molar-refractivity contribution >= 4 is 11.8 Å². The molecule has 1 aliphatic heterocycles. The molecule has 1 fully saturated rings. The SMILES string of the molecule is COC(=O)c1cc(C[NH2+]CC2CC[NH2+]CC2)cc(-c2cccc(/C(N)=[NH+]\O)c2)c1.[Cl-].[Cl-].[Cl-]. The van der Waals surface area contributed by atoms with E-state index in [1.54, 1.807) is 0 Å². The Bertz CT molecular complexity index is 890. The second-order valence-corrected chi connectivity index (χ2v) is 7.55. The van der Waals surface area contributed by atoms with E-state index in [0.717, 1.165) is 35.7 Å². The van der Waals surface area contributed by atoms with E-state index in [2.05, 4.69) is 16.7 Å². The number of quaternary nitrogens is 2. The number of hydrogen-bond donors (Lipinski definition) is 5. The number of nitrogen functional groups attached to an aromatic ring is 1. The van der Waals surface area contributed by atoms with Gasteiger partial charge in [-0.1, -0.05) is 17.3 Å². The fraction of sp³-hybridized carbons (Fsp3) is 0.364. The molecule has 7 nitrogen and oxygen atoms in total. The Hall–Kier alpha value is -2.03. The Balaban J connectivity index is 0.00000320. The van der Waals surface area contributed by atoms with Crippen LogP contribution in [0.2, 0.25) is 0 Å². The third-order valence-electron chi connectivity index (χ3n) is 5.48. The predicted molar refractivity (Wildman–Crippen MR) is 109 cm³/mol.